The second-order valence-corrected chi connectivity index (χ2v) is 7.99. The second-order valence-electron chi connectivity index (χ2n) is 7.11. The Morgan fingerprint density at radius 2 is 1.77 bits per heavy atom. The zero-order valence-corrected chi connectivity index (χ0v) is 18.4. The molecule has 3 aromatic rings. The summed E-state index contributed by atoms with van der Waals surface area (Å²) in [5.41, 5.74) is 6.49. The molecule has 2 aromatic carbocycles. The highest BCUT2D eigenvalue weighted by molar-refractivity contribution is 7.15. The first kappa shape index (κ1) is 21.5. The van der Waals surface area contributed by atoms with Crippen LogP contribution in [0.5, 0.6) is 0 Å². The Morgan fingerprint density at radius 3 is 2.43 bits per heavy atom. The number of amides is 1. The van der Waals surface area contributed by atoms with Crippen LogP contribution in [0.3, 0.4) is 0 Å². The van der Waals surface area contributed by atoms with Crippen LogP contribution in [-0.4, -0.2) is 18.5 Å². The van der Waals surface area contributed by atoms with Gasteiger partial charge in [-0.05, 0) is 56.0 Å². The van der Waals surface area contributed by atoms with E-state index in [2.05, 4.69) is 5.32 Å². The van der Waals surface area contributed by atoms with Crippen LogP contribution in [0.4, 0.5) is 5.00 Å². The third kappa shape index (κ3) is 5.05. The minimum atomic E-state index is -0.440. The molecule has 0 aliphatic rings. The molecule has 0 fully saturated rings. The molecular weight excluding hydrogens is 394 g/mol. The lowest BCUT2D eigenvalue weighted by atomic mass is 9.99. The zero-order valence-electron chi connectivity index (χ0n) is 17.6. The molecule has 1 heterocycles. The SMILES string of the molecule is CCOC(=O)c1c(-c2ccc(C)c(C)c2)csc1NC(=O)/C=C/c1ccc(C)cc1. The molecule has 0 unspecified atom stereocenters. The van der Waals surface area contributed by atoms with E-state index in [-0.39, 0.29) is 12.5 Å². The van der Waals surface area contributed by atoms with Gasteiger partial charge in [-0.25, -0.2) is 4.79 Å². The smallest absolute Gasteiger partial charge is 0.341 e. The summed E-state index contributed by atoms with van der Waals surface area (Å²) in [5.74, 6) is -0.737. The van der Waals surface area contributed by atoms with Crippen LogP contribution in [0.1, 0.15) is 39.5 Å². The first-order valence-electron chi connectivity index (χ1n) is 9.81. The van der Waals surface area contributed by atoms with Crippen molar-refractivity contribution in [3.05, 3.63) is 81.7 Å². The fourth-order valence-corrected chi connectivity index (χ4v) is 3.94. The van der Waals surface area contributed by atoms with Crippen LogP contribution in [-0.2, 0) is 9.53 Å². The standard InChI is InChI=1S/C25H25NO3S/c1-5-29-25(28)23-21(20-12-8-17(3)18(4)14-20)15-30-24(23)26-22(27)13-11-19-9-6-16(2)7-10-19/h6-15H,5H2,1-4H3,(H,26,27)/b13-11+. The summed E-state index contributed by atoms with van der Waals surface area (Å²) in [4.78, 5) is 25.2. The van der Waals surface area contributed by atoms with E-state index in [1.54, 1.807) is 13.0 Å². The minimum Gasteiger partial charge on any atom is -0.462 e. The van der Waals surface area contributed by atoms with E-state index in [0.29, 0.717) is 10.6 Å². The van der Waals surface area contributed by atoms with Crippen molar-refractivity contribution in [2.45, 2.75) is 27.7 Å². The Morgan fingerprint density at radius 1 is 1.03 bits per heavy atom. The van der Waals surface area contributed by atoms with Gasteiger partial charge in [0, 0.05) is 17.0 Å². The van der Waals surface area contributed by atoms with Crippen LogP contribution in [0.15, 0.2) is 53.9 Å². The highest BCUT2D eigenvalue weighted by atomic mass is 32.1. The van der Waals surface area contributed by atoms with Gasteiger partial charge in [-0.2, -0.15) is 0 Å². The number of thiophene rings is 1. The first-order valence-corrected chi connectivity index (χ1v) is 10.7. The van der Waals surface area contributed by atoms with Gasteiger partial charge in [-0.1, -0.05) is 48.0 Å². The maximum atomic E-state index is 12.7. The van der Waals surface area contributed by atoms with E-state index in [9.17, 15) is 9.59 Å². The fraction of sp³-hybridized carbons (Fsp3) is 0.200. The van der Waals surface area contributed by atoms with Gasteiger partial charge in [0.2, 0.25) is 5.91 Å². The molecule has 30 heavy (non-hydrogen) atoms. The number of esters is 1. The summed E-state index contributed by atoms with van der Waals surface area (Å²) in [6.07, 6.45) is 3.21. The summed E-state index contributed by atoms with van der Waals surface area (Å²) in [5, 5.41) is 5.21. The summed E-state index contributed by atoms with van der Waals surface area (Å²) in [6.45, 7) is 8.13. The summed E-state index contributed by atoms with van der Waals surface area (Å²) >= 11 is 1.32. The Kier molecular flexibility index (Phi) is 6.85. The molecule has 0 saturated carbocycles. The fourth-order valence-electron chi connectivity index (χ4n) is 2.98. The van der Waals surface area contributed by atoms with Crippen molar-refractivity contribution in [1.29, 1.82) is 0 Å². The highest BCUT2D eigenvalue weighted by Crippen LogP contribution is 2.37. The van der Waals surface area contributed by atoms with Crippen molar-refractivity contribution >= 4 is 34.3 Å². The van der Waals surface area contributed by atoms with Crippen LogP contribution >= 0.6 is 11.3 Å². The lowest BCUT2D eigenvalue weighted by molar-refractivity contribution is -0.111. The average Bonchev–Trinajstić information content (AvgIpc) is 3.13. The van der Waals surface area contributed by atoms with Crippen molar-refractivity contribution in [3.63, 3.8) is 0 Å². The number of rotatable bonds is 6. The van der Waals surface area contributed by atoms with Gasteiger partial charge < -0.3 is 10.1 Å². The number of carbonyl (C=O) groups is 2. The lowest BCUT2D eigenvalue weighted by Crippen LogP contribution is -2.12. The number of hydrogen-bond donors (Lipinski definition) is 1. The predicted octanol–water partition coefficient (Wildman–Crippen LogP) is 6.17. The van der Waals surface area contributed by atoms with E-state index >= 15 is 0 Å². The van der Waals surface area contributed by atoms with E-state index in [4.69, 9.17) is 4.74 Å². The van der Waals surface area contributed by atoms with Gasteiger partial charge in [-0.15, -0.1) is 11.3 Å². The van der Waals surface area contributed by atoms with E-state index in [1.165, 1.54) is 23.0 Å². The number of anilines is 1. The van der Waals surface area contributed by atoms with E-state index < -0.39 is 5.97 Å². The van der Waals surface area contributed by atoms with Crippen LogP contribution in [0.2, 0.25) is 0 Å². The molecule has 0 aliphatic carbocycles. The Bertz CT molecular complexity index is 1090. The number of nitrogens with one attached hydrogen (secondary N) is 1. The van der Waals surface area contributed by atoms with Crippen LogP contribution in [0.25, 0.3) is 17.2 Å². The molecule has 0 atom stereocenters. The molecule has 0 bridgehead atoms. The minimum absolute atomic E-state index is 0.266. The average molecular weight is 420 g/mol. The molecule has 0 radical (unpaired) electrons. The van der Waals surface area contributed by atoms with Crippen LogP contribution in [0, 0.1) is 20.8 Å². The maximum absolute atomic E-state index is 12.7. The molecule has 1 aromatic heterocycles. The Labute approximate surface area is 181 Å². The summed E-state index contributed by atoms with van der Waals surface area (Å²) in [6, 6.07) is 13.9. The number of benzene rings is 2. The second kappa shape index (κ2) is 9.55. The molecule has 3 rings (SSSR count). The molecule has 1 amide bonds. The lowest BCUT2D eigenvalue weighted by Gasteiger charge is -2.09. The number of hydrogen-bond acceptors (Lipinski definition) is 4. The zero-order chi connectivity index (χ0) is 21.7. The topological polar surface area (TPSA) is 55.4 Å². The van der Waals surface area contributed by atoms with Gasteiger partial charge in [-0.3, -0.25) is 4.79 Å². The van der Waals surface area contributed by atoms with Gasteiger partial charge in [0.15, 0.2) is 0 Å². The summed E-state index contributed by atoms with van der Waals surface area (Å²) in [7, 11) is 0. The molecule has 5 heteroatoms. The van der Waals surface area contributed by atoms with E-state index in [0.717, 1.165) is 27.8 Å². The van der Waals surface area contributed by atoms with Gasteiger partial charge in [0.25, 0.3) is 0 Å². The monoisotopic (exact) mass is 419 g/mol. The number of ether oxygens (including phenoxy) is 1. The van der Waals surface area contributed by atoms with Gasteiger partial charge >= 0.3 is 5.97 Å². The molecule has 0 saturated heterocycles. The van der Waals surface area contributed by atoms with E-state index in [1.807, 2.05) is 68.6 Å². The van der Waals surface area contributed by atoms with Crippen molar-refractivity contribution < 1.29 is 14.3 Å². The predicted molar refractivity (Wildman–Crippen MR) is 124 cm³/mol. The maximum Gasteiger partial charge on any atom is 0.341 e. The quantitative estimate of drug-likeness (QED) is 0.384. The number of carbonyl (C=O) groups excluding carboxylic acids is 2. The third-order valence-electron chi connectivity index (χ3n) is 4.83. The molecule has 1 N–H and O–H groups in total. The van der Waals surface area contributed by atoms with Gasteiger partial charge in [0.05, 0.1) is 6.61 Å². The Balaban J connectivity index is 1.89. The van der Waals surface area contributed by atoms with Crippen molar-refractivity contribution in [3.8, 4) is 11.1 Å². The molecule has 4 nitrogen and oxygen atoms in total. The highest BCUT2D eigenvalue weighted by Gasteiger charge is 2.22. The molecule has 0 aliphatic heterocycles. The Hall–Kier alpha value is -3.18. The largest absolute Gasteiger partial charge is 0.462 e. The van der Waals surface area contributed by atoms with Crippen molar-refractivity contribution in [2.24, 2.45) is 0 Å². The third-order valence-corrected chi connectivity index (χ3v) is 5.73. The number of aryl methyl sites for hydroxylation is 3. The van der Waals surface area contributed by atoms with Crippen LogP contribution < -0.4 is 5.32 Å². The molecule has 0 spiro atoms. The first-order chi connectivity index (χ1) is 14.4. The van der Waals surface area contributed by atoms with Crippen molar-refractivity contribution in [2.75, 3.05) is 11.9 Å². The van der Waals surface area contributed by atoms with Gasteiger partial charge in [0.1, 0.15) is 10.6 Å². The summed E-state index contributed by atoms with van der Waals surface area (Å²) < 4.78 is 5.26. The molecule has 154 valence electrons. The normalized spacial score (nSPS) is 10.9. The molecular formula is C25H25NO3S. The van der Waals surface area contributed by atoms with Crippen molar-refractivity contribution in [1.82, 2.24) is 0 Å².